The van der Waals surface area contributed by atoms with Gasteiger partial charge in [0.05, 0.1) is 17.6 Å². The van der Waals surface area contributed by atoms with E-state index >= 15 is 0 Å². The van der Waals surface area contributed by atoms with Gasteiger partial charge in [-0.1, -0.05) is 48.5 Å². The van der Waals surface area contributed by atoms with Crippen molar-refractivity contribution in [1.82, 2.24) is 4.98 Å². The van der Waals surface area contributed by atoms with E-state index in [9.17, 15) is 13.0 Å². The number of hydrogen-bond donors (Lipinski definition) is 2. The fourth-order valence-corrected chi connectivity index (χ4v) is 3.94. The average Bonchev–Trinajstić information content (AvgIpc) is 2.73. The smallest absolute Gasteiger partial charge is 0.295 e. The maximum absolute atomic E-state index is 11.8. The van der Waals surface area contributed by atoms with Gasteiger partial charge in [-0.05, 0) is 30.7 Å². The number of aryl methyl sites for hydroxylation is 1. The minimum Gasteiger partial charge on any atom is -0.396 e. The number of anilines is 1. The number of azo groups is 1. The largest absolute Gasteiger partial charge is 0.396 e. The molecule has 3 aromatic carbocycles. The van der Waals surface area contributed by atoms with Crippen LogP contribution in [0.3, 0.4) is 0 Å². The van der Waals surface area contributed by atoms with Crippen molar-refractivity contribution in [2.75, 3.05) is 5.73 Å². The molecule has 0 saturated carbocycles. The molecule has 0 atom stereocenters. The molecule has 7 nitrogen and oxygen atoms in total. The second-order valence-electron chi connectivity index (χ2n) is 6.74. The lowest BCUT2D eigenvalue weighted by Gasteiger charge is -2.09. The molecule has 0 unspecified atom stereocenters. The Morgan fingerprint density at radius 2 is 1.63 bits per heavy atom. The zero-order valence-corrected chi connectivity index (χ0v) is 16.8. The first kappa shape index (κ1) is 19.7. The van der Waals surface area contributed by atoms with Crippen LogP contribution in [0.1, 0.15) is 5.56 Å². The number of pyridine rings is 1. The van der Waals surface area contributed by atoms with E-state index in [0.717, 1.165) is 16.8 Å². The highest BCUT2D eigenvalue weighted by Crippen LogP contribution is 2.36. The van der Waals surface area contributed by atoms with E-state index in [1.165, 1.54) is 6.07 Å². The number of nitrogen functional groups attached to an aromatic ring is 1. The van der Waals surface area contributed by atoms with Crippen molar-refractivity contribution in [2.24, 2.45) is 10.2 Å². The molecule has 8 heteroatoms. The highest BCUT2D eigenvalue weighted by Gasteiger charge is 2.18. The molecule has 0 aliphatic carbocycles. The molecule has 3 N–H and O–H groups in total. The Bertz CT molecular complexity index is 1380. The molecule has 0 radical (unpaired) electrons. The second-order valence-corrected chi connectivity index (χ2v) is 8.13. The fraction of sp³-hybridized carbons (Fsp3) is 0.0455. The summed E-state index contributed by atoms with van der Waals surface area (Å²) >= 11 is 0. The molecule has 0 saturated heterocycles. The number of rotatable bonds is 4. The van der Waals surface area contributed by atoms with Gasteiger partial charge < -0.3 is 5.73 Å². The van der Waals surface area contributed by atoms with Crippen LogP contribution in [0.15, 0.2) is 88.1 Å². The highest BCUT2D eigenvalue weighted by atomic mass is 32.2. The predicted molar refractivity (Wildman–Crippen MR) is 117 cm³/mol. The summed E-state index contributed by atoms with van der Waals surface area (Å²) in [6.45, 7) is 2.01. The lowest BCUT2D eigenvalue weighted by molar-refractivity contribution is 0.484. The Balaban J connectivity index is 1.72. The summed E-state index contributed by atoms with van der Waals surface area (Å²) < 4.78 is 33.2. The third-order valence-corrected chi connectivity index (χ3v) is 5.64. The number of nitrogens with two attached hydrogens (primary N) is 1. The Morgan fingerprint density at radius 1 is 0.933 bits per heavy atom. The third-order valence-electron chi connectivity index (χ3n) is 4.75. The number of nitrogens with zero attached hydrogens (tertiary/aromatic N) is 3. The summed E-state index contributed by atoms with van der Waals surface area (Å²) in [7, 11) is -4.46. The maximum atomic E-state index is 11.8. The Kier molecular flexibility index (Phi) is 5.03. The summed E-state index contributed by atoms with van der Waals surface area (Å²) in [4.78, 5) is 4.16. The molecule has 30 heavy (non-hydrogen) atoms. The van der Waals surface area contributed by atoms with Crippen LogP contribution < -0.4 is 5.73 Å². The lowest BCUT2D eigenvalue weighted by Crippen LogP contribution is -2.01. The number of aromatic nitrogens is 1. The highest BCUT2D eigenvalue weighted by molar-refractivity contribution is 7.86. The molecular formula is C22H18N4O3S. The molecule has 4 aromatic rings. The van der Waals surface area contributed by atoms with Crippen LogP contribution in [0.4, 0.5) is 17.1 Å². The van der Waals surface area contributed by atoms with Crippen molar-refractivity contribution < 1.29 is 13.0 Å². The van der Waals surface area contributed by atoms with Crippen molar-refractivity contribution >= 4 is 38.0 Å². The number of benzene rings is 3. The normalized spacial score (nSPS) is 11.9. The van der Waals surface area contributed by atoms with Crippen LogP contribution in [0, 0.1) is 6.92 Å². The van der Waals surface area contributed by atoms with E-state index in [1.54, 1.807) is 36.5 Å². The molecule has 0 spiro atoms. The molecule has 1 aromatic heterocycles. The number of fused-ring (bicyclic) bond motifs is 1. The van der Waals surface area contributed by atoms with Crippen molar-refractivity contribution in [3.05, 3.63) is 78.5 Å². The summed E-state index contributed by atoms with van der Waals surface area (Å²) in [6, 6.07) is 19.4. The van der Waals surface area contributed by atoms with Gasteiger partial charge in [0.2, 0.25) is 0 Å². The topological polar surface area (TPSA) is 118 Å². The summed E-state index contributed by atoms with van der Waals surface area (Å²) in [6.07, 6.45) is 1.58. The van der Waals surface area contributed by atoms with Gasteiger partial charge in [-0.3, -0.25) is 9.54 Å². The van der Waals surface area contributed by atoms with Crippen LogP contribution in [-0.4, -0.2) is 18.0 Å². The van der Waals surface area contributed by atoms with Gasteiger partial charge in [-0.25, -0.2) is 0 Å². The van der Waals surface area contributed by atoms with Crippen LogP contribution >= 0.6 is 0 Å². The van der Waals surface area contributed by atoms with Gasteiger partial charge in [-0.15, -0.1) is 10.2 Å². The van der Waals surface area contributed by atoms with E-state index in [-0.39, 0.29) is 16.3 Å². The molecule has 1 heterocycles. The van der Waals surface area contributed by atoms with E-state index < -0.39 is 10.1 Å². The molecule has 0 fully saturated rings. The Hall–Kier alpha value is -3.62. The average molecular weight is 418 g/mol. The zero-order chi connectivity index (χ0) is 21.3. The van der Waals surface area contributed by atoms with Crippen LogP contribution in [0.25, 0.3) is 22.0 Å². The molecule has 0 aliphatic rings. The first-order chi connectivity index (χ1) is 14.3. The van der Waals surface area contributed by atoms with Crippen molar-refractivity contribution in [3.63, 3.8) is 0 Å². The molecule has 4 rings (SSSR count). The van der Waals surface area contributed by atoms with Gasteiger partial charge in [0.25, 0.3) is 10.1 Å². The SMILES string of the molecule is Cc1ccccc1-c1ccc(N=Nc2cc(S(=O)(=O)O)c3ccccc3c2N)cn1. The van der Waals surface area contributed by atoms with Crippen LogP contribution in [0.5, 0.6) is 0 Å². The standard InChI is InChI=1S/C22H18N4O3S/c1-14-6-2-3-7-16(14)19-11-10-15(13-24-19)25-26-20-12-21(30(27,28)29)17-8-4-5-9-18(17)22(20)23/h2-13H,23H2,1H3,(H,27,28,29). The van der Waals surface area contributed by atoms with E-state index in [1.807, 2.05) is 37.3 Å². The van der Waals surface area contributed by atoms with Gasteiger partial charge in [0.15, 0.2) is 0 Å². The summed E-state index contributed by atoms with van der Waals surface area (Å²) in [5.41, 5.74) is 10.0. The molecule has 0 aliphatic heterocycles. The minimum atomic E-state index is -4.46. The molecule has 150 valence electrons. The monoisotopic (exact) mass is 418 g/mol. The third kappa shape index (κ3) is 3.78. The predicted octanol–water partition coefficient (Wildman–Crippen LogP) is 5.45. The molecular weight excluding hydrogens is 400 g/mol. The van der Waals surface area contributed by atoms with Gasteiger partial charge in [0.1, 0.15) is 16.3 Å². The van der Waals surface area contributed by atoms with E-state index in [0.29, 0.717) is 16.5 Å². The Labute approximate surface area is 173 Å². The lowest BCUT2D eigenvalue weighted by atomic mass is 10.1. The molecule has 0 bridgehead atoms. The quantitative estimate of drug-likeness (QED) is 0.259. The van der Waals surface area contributed by atoms with Crippen molar-refractivity contribution in [1.29, 1.82) is 0 Å². The first-order valence-electron chi connectivity index (χ1n) is 9.07. The van der Waals surface area contributed by atoms with Crippen LogP contribution in [-0.2, 0) is 10.1 Å². The fourth-order valence-electron chi connectivity index (χ4n) is 3.22. The summed E-state index contributed by atoms with van der Waals surface area (Å²) in [5.74, 6) is 0. The van der Waals surface area contributed by atoms with Gasteiger partial charge >= 0.3 is 0 Å². The zero-order valence-electron chi connectivity index (χ0n) is 16.0. The van der Waals surface area contributed by atoms with Crippen molar-refractivity contribution in [2.45, 2.75) is 11.8 Å². The minimum absolute atomic E-state index is 0.143. The Morgan fingerprint density at radius 3 is 2.30 bits per heavy atom. The second kappa shape index (κ2) is 7.66. The van der Waals surface area contributed by atoms with Gasteiger partial charge in [0, 0.05) is 16.3 Å². The van der Waals surface area contributed by atoms with E-state index in [4.69, 9.17) is 5.73 Å². The summed E-state index contributed by atoms with van der Waals surface area (Å²) in [5, 5.41) is 9.02. The van der Waals surface area contributed by atoms with E-state index in [2.05, 4.69) is 15.2 Å². The maximum Gasteiger partial charge on any atom is 0.295 e. The first-order valence-corrected chi connectivity index (χ1v) is 10.5. The van der Waals surface area contributed by atoms with Crippen molar-refractivity contribution in [3.8, 4) is 11.3 Å². The van der Waals surface area contributed by atoms with Gasteiger partial charge in [-0.2, -0.15) is 8.42 Å². The molecule has 0 amide bonds. The van der Waals surface area contributed by atoms with Crippen LogP contribution in [0.2, 0.25) is 0 Å². The number of hydrogen-bond acceptors (Lipinski definition) is 6.